The van der Waals surface area contributed by atoms with E-state index in [1.807, 2.05) is 12.3 Å². The summed E-state index contributed by atoms with van der Waals surface area (Å²) in [7, 11) is 0. The van der Waals surface area contributed by atoms with Crippen LogP contribution in [-0.2, 0) is 0 Å². The van der Waals surface area contributed by atoms with Crippen LogP contribution >= 0.6 is 0 Å². The molecule has 1 aliphatic rings. The van der Waals surface area contributed by atoms with E-state index in [1.54, 1.807) is 0 Å². The van der Waals surface area contributed by atoms with Crippen LogP contribution in [0.4, 0.5) is 0 Å². The van der Waals surface area contributed by atoms with Gasteiger partial charge in [0.05, 0.1) is 16.6 Å². The van der Waals surface area contributed by atoms with Gasteiger partial charge in [-0.05, 0) is 80.6 Å². The maximum Gasteiger partial charge on any atom is 0.0723 e. The zero-order valence-corrected chi connectivity index (χ0v) is 21.1. The van der Waals surface area contributed by atoms with Gasteiger partial charge in [0.25, 0.3) is 0 Å². The Morgan fingerprint density at radius 2 is 1.18 bits per heavy atom. The van der Waals surface area contributed by atoms with Crippen molar-refractivity contribution in [3.63, 3.8) is 0 Å². The third-order valence-electron chi connectivity index (χ3n) is 8.38. The molecule has 0 saturated carbocycles. The number of pyridine rings is 1. The molecular weight excluding hydrogens is 472 g/mol. The van der Waals surface area contributed by atoms with Crippen LogP contribution in [0.25, 0.3) is 82.5 Å². The predicted molar refractivity (Wildman–Crippen MR) is 163 cm³/mol. The molecule has 2 heterocycles. The number of hydrogen-bond acceptors (Lipinski definition) is 1. The summed E-state index contributed by atoms with van der Waals surface area (Å²) < 4.78 is 2.41. The molecule has 0 bridgehead atoms. The summed E-state index contributed by atoms with van der Waals surface area (Å²) in [4.78, 5) is 4.66. The molecule has 0 fully saturated rings. The molecule has 39 heavy (non-hydrogen) atoms. The Morgan fingerprint density at radius 1 is 0.462 bits per heavy atom. The Hall–Kier alpha value is -5.21. The summed E-state index contributed by atoms with van der Waals surface area (Å²) in [6.07, 6.45) is 1.87. The minimum Gasteiger partial charge on any atom is -0.309 e. The Balaban J connectivity index is 1.33. The van der Waals surface area contributed by atoms with E-state index in [0.717, 1.165) is 11.2 Å². The van der Waals surface area contributed by atoms with E-state index in [0.29, 0.717) is 0 Å². The molecule has 6 aromatic carbocycles. The second kappa shape index (κ2) is 7.66. The van der Waals surface area contributed by atoms with Gasteiger partial charge in [-0.25, -0.2) is 0 Å². The second-order valence-corrected chi connectivity index (χ2v) is 10.4. The molecule has 0 aliphatic heterocycles. The number of rotatable bonds is 2. The van der Waals surface area contributed by atoms with E-state index in [4.69, 9.17) is 0 Å². The lowest BCUT2D eigenvalue weighted by molar-refractivity contribution is 1.19. The predicted octanol–water partition coefficient (Wildman–Crippen LogP) is 9.80. The molecule has 1 aliphatic carbocycles. The molecular formula is C37H22N2. The first-order valence-electron chi connectivity index (χ1n) is 13.4. The molecule has 0 saturated heterocycles. The third-order valence-corrected chi connectivity index (χ3v) is 8.38. The summed E-state index contributed by atoms with van der Waals surface area (Å²) in [6, 6.07) is 46.4. The Labute approximate surface area is 225 Å². The first kappa shape index (κ1) is 20.8. The lowest BCUT2D eigenvalue weighted by Crippen LogP contribution is -1.95. The first-order chi connectivity index (χ1) is 19.4. The highest BCUT2D eigenvalue weighted by atomic mass is 15.0. The molecule has 0 unspecified atom stereocenters. The molecule has 9 rings (SSSR count). The van der Waals surface area contributed by atoms with Crippen LogP contribution < -0.4 is 0 Å². The average Bonchev–Trinajstić information content (AvgIpc) is 3.52. The summed E-state index contributed by atoms with van der Waals surface area (Å²) in [5.74, 6) is 0. The molecule has 180 valence electrons. The molecule has 0 N–H and O–H groups in total. The fourth-order valence-electron chi connectivity index (χ4n) is 6.75. The highest BCUT2D eigenvalue weighted by molar-refractivity contribution is 6.19. The molecule has 8 aromatic rings. The minimum atomic E-state index is 1.01. The topological polar surface area (TPSA) is 17.8 Å². The lowest BCUT2D eigenvalue weighted by atomic mass is 9.94. The van der Waals surface area contributed by atoms with Crippen LogP contribution in [0.3, 0.4) is 0 Å². The average molecular weight is 495 g/mol. The van der Waals surface area contributed by atoms with E-state index < -0.39 is 0 Å². The van der Waals surface area contributed by atoms with Gasteiger partial charge in [0.15, 0.2) is 0 Å². The monoisotopic (exact) mass is 494 g/mol. The van der Waals surface area contributed by atoms with Gasteiger partial charge in [0.1, 0.15) is 0 Å². The van der Waals surface area contributed by atoms with Gasteiger partial charge in [-0.15, -0.1) is 0 Å². The minimum absolute atomic E-state index is 1.01. The van der Waals surface area contributed by atoms with Crippen molar-refractivity contribution in [3.05, 3.63) is 134 Å². The SMILES string of the molecule is c1cc(-c2ccc3c4c(cccc24)-c2ccccc2-3)cc(-n2c3ccccc3c3ccc4ncccc4c32)c1. The van der Waals surface area contributed by atoms with E-state index in [9.17, 15) is 0 Å². The van der Waals surface area contributed by atoms with Crippen LogP contribution in [0.1, 0.15) is 0 Å². The molecule has 0 radical (unpaired) electrons. The van der Waals surface area contributed by atoms with Crippen molar-refractivity contribution < 1.29 is 0 Å². The van der Waals surface area contributed by atoms with Crippen molar-refractivity contribution in [1.82, 2.24) is 9.55 Å². The molecule has 0 amide bonds. The van der Waals surface area contributed by atoms with Gasteiger partial charge >= 0.3 is 0 Å². The van der Waals surface area contributed by atoms with Gasteiger partial charge < -0.3 is 4.57 Å². The summed E-state index contributed by atoms with van der Waals surface area (Å²) in [5.41, 5.74) is 12.4. The lowest BCUT2D eigenvalue weighted by Gasteiger charge is -2.13. The second-order valence-electron chi connectivity index (χ2n) is 10.4. The highest BCUT2D eigenvalue weighted by Gasteiger charge is 2.22. The van der Waals surface area contributed by atoms with Gasteiger partial charge in [0.2, 0.25) is 0 Å². The largest absolute Gasteiger partial charge is 0.309 e. The number of nitrogens with zero attached hydrogens (tertiary/aromatic N) is 2. The third kappa shape index (κ3) is 2.78. The van der Waals surface area contributed by atoms with Gasteiger partial charge in [-0.2, -0.15) is 0 Å². The quantitative estimate of drug-likeness (QED) is 0.234. The van der Waals surface area contributed by atoms with Crippen LogP contribution in [0, 0.1) is 0 Å². The highest BCUT2D eigenvalue weighted by Crippen LogP contribution is 2.49. The summed E-state index contributed by atoms with van der Waals surface area (Å²) >= 11 is 0. The summed E-state index contributed by atoms with van der Waals surface area (Å²) in [5, 5.41) is 6.33. The zero-order chi connectivity index (χ0) is 25.5. The molecule has 2 aromatic heterocycles. The Kier molecular flexibility index (Phi) is 4.08. The fourth-order valence-corrected chi connectivity index (χ4v) is 6.75. The van der Waals surface area contributed by atoms with Crippen molar-refractivity contribution in [2.75, 3.05) is 0 Å². The zero-order valence-electron chi connectivity index (χ0n) is 21.1. The van der Waals surface area contributed by atoms with E-state index >= 15 is 0 Å². The fraction of sp³-hybridized carbons (Fsp3) is 0. The molecule has 0 spiro atoms. The maximum absolute atomic E-state index is 4.66. The molecule has 0 atom stereocenters. The van der Waals surface area contributed by atoms with Crippen molar-refractivity contribution in [1.29, 1.82) is 0 Å². The smallest absolute Gasteiger partial charge is 0.0723 e. The number of fused-ring (bicyclic) bond motifs is 8. The van der Waals surface area contributed by atoms with Gasteiger partial charge in [-0.1, -0.05) is 91.0 Å². The van der Waals surface area contributed by atoms with Crippen molar-refractivity contribution >= 4 is 43.5 Å². The molecule has 2 heteroatoms. The van der Waals surface area contributed by atoms with Gasteiger partial charge in [-0.3, -0.25) is 4.98 Å². The normalized spacial score (nSPS) is 12.1. The van der Waals surface area contributed by atoms with Gasteiger partial charge in [0, 0.05) is 28.0 Å². The number of aromatic nitrogens is 2. The van der Waals surface area contributed by atoms with E-state index in [-0.39, 0.29) is 0 Å². The Bertz CT molecular complexity index is 2260. The Morgan fingerprint density at radius 3 is 2.10 bits per heavy atom. The van der Waals surface area contributed by atoms with Crippen molar-refractivity contribution in [3.8, 4) is 39.1 Å². The number of hydrogen-bond donors (Lipinski definition) is 0. The van der Waals surface area contributed by atoms with Crippen LogP contribution in [0.15, 0.2) is 134 Å². The van der Waals surface area contributed by atoms with Crippen molar-refractivity contribution in [2.45, 2.75) is 0 Å². The number of benzene rings is 6. The maximum atomic E-state index is 4.66. The van der Waals surface area contributed by atoms with E-state index in [2.05, 4.69) is 131 Å². The first-order valence-corrected chi connectivity index (χ1v) is 13.4. The summed E-state index contributed by atoms with van der Waals surface area (Å²) in [6.45, 7) is 0. The van der Waals surface area contributed by atoms with Crippen molar-refractivity contribution in [2.24, 2.45) is 0 Å². The van der Waals surface area contributed by atoms with Crippen LogP contribution in [0.2, 0.25) is 0 Å². The molecule has 2 nitrogen and oxygen atoms in total. The number of para-hydroxylation sites is 1. The van der Waals surface area contributed by atoms with Crippen LogP contribution in [0.5, 0.6) is 0 Å². The van der Waals surface area contributed by atoms with Crippen LogP contribution in [-0.4, -0.2) is 9.55 Å². The van der Waals surface area contributed by atoms with E-state index in [1.165, 1.54) is 71.3 Å². The standard InChI is InChI=1S/C37H22N2/c1-2-11-27-26(10-1)30-14-6-13-29-25(17-18-31(27)36(29)30)23-8-5-9-24(22-23)39-35-16-4-3-12-28(35)32-19-20-34-33(37(32)39)15-7-21-38-34/h1-22H.